The summed E-state index contributed by atoms with van der Waals surface area (Å²) in [6.45, 7) is 0. The van der Waals surface area contributed by atoms with Crippen molar-refractivity contribution in [1.82, 2.24) is 4.90 Å². The average molecular weight is 257 g/mol. The molecule has 0 aliphatic carbocycles. The molecule has 2 unspecified atom stereocenters. The van der Waals surface area contributed by atoms with E-state index in [0.29, 0.717) is 23.4 Å². The molecule has 0 spiro atoms. The lowest BCUT2D eigenvalue weighted by Crippen LogP contribution is -2.47. The first-order chi connectivity index (χ1) is 8.00. The molecular formula is C12H14ClFN2O. The number of likely N-dealkylation sites (tertiary alicyclic amines) is 1. The lowest BCUT2D eigenvalue weighted by atomic mass is 9.91. The molecule has 92 valence electrons. The second-order valence-electron chi connectivity index (χ2n) is 4.32. The van der Waals surface area contributed by atoms with Crippen molar-refractivity contribution in [3.05, 3.63) is 34.6 Å². The maximum atomic E-state index is 13.8. The molecule has 1 aromatic rings. The van der Waals surface area contributed by atoms with Gasteiger partial charge in [0.25, 0.3) is 0 Å². The fourth-order valence-corrected chi connectivity index (χ4v) is 2.41. The van der Waals surface area contributed by atoms with Crippen LogP contribution in [0.2, 0.25) is 5.02 Å². The first-order valence-electron chi connectivity index (χ1n) is 5.47. The minimum atomic E-state index is -0.417. The second-order valence-corrected chi connectivity index (χ2v) is 4.75. The van der Waals surface area contributed by atoms with Gasteiger partial charge in [-0.15, -0.1) is 0 Å². The van der Waals surface area contributed by atoms with E-state index in [1.807, 2.05) is 0 Å². The van der Waals surface area contributed by atoms with Crippen molar-refractivity contribution >= 4 is 17.5 Å². The maximum absolute atomic E-state index is 13.8. The van der Waals surface area contributed by atoms with E-state index in [4.69, 9.17) is 17.3 Å². The van der Waals surface area contributed by atoms with Crippen LogP contribution in [-0.2, 0) is 4.79 Å². The van der Waals surface area contributed by atoms with E-state index in [1.54, 1.807) is 19.2 Å². The number of carbonyl (C=O) groups is 1. The number of hydrogen-bond acceptors (Lipinski definition) is 2. The van der Waals surface area contributed by atoms with Gasteiger partial charge >= 0.3 is 0 Å². The van der Waals surface area contributed by atoms with Gasteiger partial charge in [-0.25, -0.2) is 4.39 Å². The Morgan fingerprint density at radius 2 is 2.24 bits per heavy atom. The Labute approximate surface area is 104 Å². The lowest BCUT2D eigenvalue weighted by Gasteiger charge is -2.37. The molecule has 1 saturated heterocycles. The molecule has 1 fully saturated rings. The van der Waals surface area contributed by atoms with E-state index in [2.05, 4.69) is 0 Å². The van der Waals surface area contributed by atoms with Gasteiger partial charge in [-0.2, -0.15) is 0 Å². The molecule has 2 N–H and O–H groups in total. The van der Waals surface area contributed by atoms with Crippen molar-refractivity contribution in [2.24, 2.45) is 5.73 Å². The molecule has 0 aromatic heterocycles. The summed E-state index contributed by atoms with van der Waals surface area (Å²) in [6, 6.07) is 3.80. The first kappa shape index (κ1) is 12.3. The van der Waals surface area contributed by atoms with Gasteiger partial charge in [0.2, 0.25) is 5.91 Å². The summed E-state index contributed by atoms with van der Waals surface area (Å²) in [6.07, 6.45) is 0.999. The Morgan fingerprint density at radius 1 is 1.53 bits per heavy atom. The van der Waals surface area contributed by atoms with Crippen LogP contribution in [0.3, 0.4) is 0 Å². The Balaban J connectivity index is 2.39. The standard InChI is InChI=1S/C12H14ClFN2O/c1-16-11(17)5-4-10(15)12(16)8-3-2-7(13)6-9(8)14/h2-3,6,10,12H,4-5,15H2,1H3. The van der Waals surface area contributed by atoms with Gasteiger partial charge in [-0.3, -0.25) is 4.79 Å². The van der Waals surface area contributed by atoms with Crippen LogP contribution in [0.1, 0.15) is 24.4 Å². The largest absolute Gasteiger partial charge is 0.337 e. The average Bonchev–Trinajstić information content (AvgIpc) is 2.27. The third kappa shape index (κ3) is 2.28. The highest BCUT2D eigenvalue weighted by Crippen LogP contribution is 2.32. The smallest absolute Gasteiger partial charge is 0.222 e. The Bertz CT molecular complexity index is 452. The Kier molecular flexibility index (Phi) is 3.35. The maximum Gasteiger partial charge on any atom is 0.222 e. The van der Waals surface area contributed by atoms with Crippen molar-refractivity contribution in [3.63, 3.8) is 0 Å². The van der Waals surface area contributed by atoms with Gasteiger partial charge < -0.3 is 10.6 Å². The van der Waals surface area contributed by atoms with E-state index < -0.39 is 11.9 Å². The summed E-state index contributed by atoms with van der Waals surface area (Å²) in [4.78, 5) is 13.1. The van der Waals surface area contributed by atoms with Crippen LogP contribution in [0, 0.1) is 5.82 Å². The van der Waals surface area contributed by atoms with Gasteiger partial charge in [-0.05, 0) is 18.6 Å². The molecule has 0 radical (unpaired) electrons. The van der Waals surface area contributed by atoms with Crippen LogP contribution >= 0.6 is 11.6 Å². The van der Waals surface area contributed by atoms with Gasteiger partial charge in [0.1, 0.15) is 5.82 Å². The van der Waals surface area contributed by atoms with Crippen LogP contribution in [0.5, 0.6) is 0 Å². The number of piperidine rings is 1. The zero-order valence-corrected chi connectivity index (χ0v) is 10.2. The minimum Gasteiger partial charge on any atom is -0.337 e. The summed E-state index contributed by atoms with van der Waals surface area (Å²) in [5.41, 5.74) is 6.41. The highest BCUT2D eigenvalue weighted by molar-refractivity contribution is 6.30. The van der Waals surface area contributed by atoms with Crippen LogP contribution in [0.4, 0.5) is 4.39 Å². The molecule has 3 nitrogen and oxygen atoms in total. The minimum absolute atomic E-state index is 0.00829. The summed E-state index contributed by atoms with van der Waals surface area (Å²) < 4.78 is 13.8. The van der Waals surface area contributed by atoms with E-state index in [-0.39, 0.29) is 11.9 Å². The third-order valence-electron chi connectivity index (χ3n) is 3.19. The summed E-state index contributed by atoms with van der Waals surface area (Å²) >= 11 is 5.71. The number of halogens is 2. The zero-order chi connectivity index (χ0) is 12.6. The van der Waals surface area contributed by atoms with E-state index in [0.717, 1.165) is 0 Å². The predicted molar refractivity (Wildman–Crippen MR) is 64.1 cm³/mol. The topological polar surface area (TPSA) is 46.3 Å². The van der Waals surface area contributed by atoms with Gasteiger partial charge in [0, 0.05) is 30.1 Å². The Morgan fingerprint density at radius 3 is 2.88 bits per heavy atom. The van der Waals surface area contributed by atoms with E-state index in [1.165, 1.54) is 11.0 Å². The number of rotatable bonds is 1. The Hall–Kier alpha value is -1.13. The molecule has 1 heterocycles. The number of nitrogens with zero attached hydrogens (tertiary/aromatic N) is 1. The number of nitrogens with two attached hydrogens (primary N) is 1. The quantitative estimate of drug-likeness (QED) is 0.836. The fraction of sp³-hybridized carbons (Fsp3) is 0.417. The zero-order valence-electron chi connectivity index (χ0n) is 9.49. The number of likely N-dealkylation sites (N-methyl/N-ethyl adjacent to an activating group) is 1. The second kappa shape index (κ2) is 4.63. The van der Waals surface area contributed by atoms with Crippen molar-refractivity contribution < 1.29 is 9.18 Å². The molecule has 1 amide bonds. The number of hydrogen-bond donors (Lipinski definition) is 1. The van der Waals surface area contributed by atoms with Crippen LogP contribution < -0.4 is 5.73 Å². The molecule has 17 heavy (non-hydrogen) atoms. The van der Waals surface area contributed by atoms with Gasteiger partial charge in [0.05, 0.1) is 6.04 Å². The lowest BCUT2D eigenvalue weighted by molar-refractivity contribution is -0.135. The van der Waals surface area contributed by atoms with Crippen LogP contribution in [0.25, 0.3) is 0 Å². The van der Waals surface area contributed by atoms with Gasteiger partial charge in [-0.1, -0.05) is 17.7 Å². The predicted octanol–water partition coefficient (Wildman–Crippen LogP) is 2.10. The SMILES string of the molecule is CN1C(=O)CCC(N)C1c1ccc(Cl)cc1F. The van der Waals surface area contributed by atoms with Crippen molar-refractivity contribution in [2.75, 3.05) is 7.05 Å². The normalized spacial score (nSPS) is 25.2. The molecule has 2 rings (SSSR count). The summed E-state index contributed by atoms with van der Waals surface area (Å²) in [7, 11) is 1.65. The van der Waals surface area contributed by atoms with Gasteiger partial charge in [0.15, 0.2) is 0 Å². The number of carbonyl (C=O) groups excluding carboxylic acids is 1. The van der Waals surface area contributed by atoms with Crippen LogP contribution in [0.15, 0.2) is 18.2 Å². The molecule has 1 aliphatic rings. The summed E-state index contributed by atoms with van der Waals surface area (Å²) in [5.74, 6) is -0.425. The molecular weight excluding hydrogens is 243 g/mol. The molecule has 2 atom stereocenters. The molecule has 0 saturated carbocycles. The van der Waals surface area contributed by atoms with Crippen molar-refractivity contribution in [3.8, 4) is 0 Å². The molecule has 1 aromatic carbocycles. The molecule has 0 bridgehead atoms. The molecule has 1 aliphatic heterocycles. The summed E-state index contributed by atoms with van der Waals surface area (Å²) in [5, 5.41) is 0.338. The highest BCUT2D eigenvalue weighted by Gasteiger charge is 2.33. The first-order valence-corrected chi connectivity index (χ1v) is 5.84. The van der Waals surface area contributed by atoms with Crippen molar-refractivity contribution in [2.45, 2.75) is 24.9 Å². The van der Waals surface area contributed by atoms with E-state index >= 15 is 0 Å². The van der Waals surface area contributed by atoms with Crippen LogP contribution in [-0.4, -0.2) is 23.9 Å². The number of benzene rings is 1. The van der Waals surface area contributed by atoms with Crippen molar-refractivity contribution in [1.29, 1.82) is 0 Å². The highest BCUT2D eigenvalue weighted by atomic mass is 35.5. The monoisotopic (exact) mass is 256 g/mol. The fourth-order valence-electron chi connectivity index (χ4n) is 2.25. The third-order valence-corrected chi connectivity index (χ3v) is 3.42. The number of amides is 1. The molecule has 5 heteroatoms. The van der Waals surface area contributed by atoms with E-state index in [9.17, 15) is 9.18 Å².